The number of benzene rings is 1. The van der Waals surface area contributed by atoms with Gasteiger partial charge < -0.3 is 19.9 Å². The summed E-state index contributed by atoms with van der Waals surface area (Å²) >= 11 is 1.34. The Morgan fingerprint density at radius 2 is 2.13 bits per heavy atom. The summed E-state index contributed by atoms with van der Waals surface area (Å²) in [7, 11) is 0. The average molecular weight is 548 g/mol. The summed E-state index contributed by atoms with van der Waals surface area (Å²) in [4.78, 5) is 32.9. The maximum atomic E-state index is 13.3. The van der Waals surface area contributed by atoms with Gasteiger partial charge in [0.25, 0.3) is 5.91 Å². The number of imidazole rings is 1. The van der Waals surface area contributed by atoms with Crippen molar-refractivity contribution in [3.63, 3.8) is 0 Å². The normalized spacial score (nSPS) is 15.7. The Morgan fingerprint density at radius 1 is 1.28 bits per heavy atom. The predicted molar refractivity (Wildman–Crippen MR) is 152 cm³/mol. The smallest absolute Gasteiger partial charge is 0.268 e. The van der Waals surface area contributed by atoms with Crippen LogP contribution in [0.2, 0.25) is 0 Å². The van der Waals surface area contributed by atoms with Crippen molar-refractivity contribution in [2.24, 2.45) is 0 Å². The fourth-order valence-corrected chi connectivity index (χ4v) is 5.70. The standard InChI is InChI=1S/C28H33N7O3S/c1-4-24(36)33-13-5-7-20(33)17-34-22-9-8-19(16-29-18-28(2,3)38)15-21(22)31-27(34)32-26(37)23-10-11-25(39-23)35-14-6-12-30-35/h4,6,8-12,14-15,20,29,38H,1,5,7,13,16-18H2,2-3H3,(H,31,32,37). The molecule has 1 aliphatic heterocycles. The van der Waals surface area contributed by atoms with Gasteiger partial charge in [0, 0.05) is 38.6 Å². The molecule has 0 spiro atoms. The van der Waals surface area contributed by atoms with E-state index in [-0.39, 0.29) is 17.9 Å². The van der Waals surface area contributed by atoms with Crippen LogP contribution in [0.3, 0.4) is 0 Å². The van der Waals surface area contributed by atoms with E-state index < -0.39 is 5.60 Å². The second-order valence-electron chi connectivity index (χ2n) is 10.4. The Labute approximate surface area is 231 Å². The molecule has 1 aromatic carbocycles. The molecule has 11 heteroatoms. The van der Waals surface area contributed by atoms with Crippen LogP contribution in [0, 0.1) is 0 Å². The number of nitrogens with zero attached hydrogens (tertiary/aromatic N) is 5. The van der Waals surface area contributed by atoms with Crippen molar-refractivity contribution < 1.29 is 14.7 Å². The third-order valence-corrected chi connectivity index (χ3v) is 7.77. The highest BCUT2D eigenvalue weighted by atomic mass is 32.1. The molecular weight excluding hydrogens is 514 g/mol. The minimum absolute atomic E-state index is 0.0233. The van der Waals surface area contributed by atoms with Gasteiger partial charge in [-0.25, -0.2) is 9.67 Å². The molecule has 10 nitrogen and oxygen atoms in total. The molecule has 1 fully saturated rings. The molecule has 39 heavy (non-hydrogen) atoms. The highest BCUT2D eigenvalue weighted by Gasteiger charge is 2.29. The van der Waals surface area contributed by atoms with Gasteiger partial charge in [0.15, 0.2) is 0 Å². The van der Waals surface area contributed by atoms with Gasteiger partial charge in [-0.1, -0.05) is 12.6 Å². The fourth-order valence-electron chi connectivity index (χ4n) is 4.86. The van der Waals surface area contributed by atoms with Crippen molar-refractivity contribution in [2.45, 2.75) is 51.4 Å². The first-order valence-electron chi connectivity index (χ1n) is 13.0. The van der Waals surface area contributed by atoms with Crippen LogP contribution in [-0.2, 0) is 17.9 Å². The van der Waals surface area contributed by atoms with Crippen molar-refractivity contribution in [1.29, 1.82) is 0 Å². The molecular formula is C28H33N7O3S. The number of fused-ring (bicyclic) bond motifs is 1. The molecule has 4 aromatic rings. The number of nitrogens with one attached hydrogen (secondary N) is 2. The summed E-state index contributed by atoms with van der Waals surface area (Å²) in [5, 5.41) is 21.3. The van der Waals surface area contributed by atoms with Crippen LogP contribution in [0.4, 0.5) is 5.95 Å². The van der Waals surface area contributed by atoms with Crippen LogP contribution in [0.15, 0.2) is 61.4 Å². The zero-order valence-corrected chi connectivity index (χ0v) is 22.9. The zero-order valence-electron chi connectivity index (χ0n) is 22.1. The number of amides is 2. The molecule has 1 aliphatic rings. The third-order valence-electron chi connectivity index (χ3n) is 6.70. The van der Waals surface area contributed by atoms with E-state index >= 15 is 0 Å². The molecule has 1 unspecified atom stereocenters. The molecule has 0 saturated carbocycles. The molecule has 204 valence electrons. The maximum Gasteiger partial charge on any atom is 0.268 e. The molecule has 0 aliphatic carbocycles. The Hall–Kier alpha value is -3.80. The number of likely N-dealkylation sites (tertiary alicyclic amines) is 1. The third kappa shape index (κ3) is 6.11. The SMILES string of the molecule is C=CC(=O)N1CCCC1Cn1c(NC(=O)c2ccc(-n3cccn3)s2)nc2cc(CNCC(C)(C)O)ccc21. The molecule has 3 aromatic heterocycles. The largest absolute Gasteiger partial charge is 0.389 e. The average Bonchev–Trinajstić information content (AvgIpc) is 3.70. The van der Waals surface area contributed by atoms with Crippen LogP contribution >= 0.6 is 11.3 Å². The van der Waals surface area contributed by atoms with Gasteiger partial charge in [0.05, 0.1) is 27.6 Å². The van der Waals surface area contributed by atoms with E-state index in [4.69, 9.17) is 4.98 Å². The molecule has 2 amide bonds. The quantitative estimate of drug-likeness (QED) is 0.261. The van der Waals surface area contributed by atoms with E-state index in [1.54, 1.807) is 30.8 Å². The number of aliphatic hydroxyl groups is 1. The van der Waals surface area contributed by atoms with Gasteiger partial charge in [0.2, 0.25) is 11.9 Å². The summed E-state index contributed by atoms with van der Waals surface area (Å²) in [5.41, 5.74) is 1.83. The lowest BCUT2D eigenvalue weighted by atomic mass is 10.1. The van der Waals surface area contributed by atoms with Crippen molar-refractivity contribution in [3.05, 3.63) is 71.9 Å². The zero-order chi connectivity index (χ0) is 27.6. The number of rotatable bonds is 10. The highest BCUT2D eigenvalue weighted by Crippen LogP contribution is 2.27. The number of hydrogen-bond donors (Lipinski definition) is 3. The van der Waals surface area contributed by atoms with Crippen LogP contribution in [0.1, 0.15) is 41.9 Å². The predicted octanol–water partition coefficient (Wildman–Crippen LogP) is 3.57. The van der Waals surface area contributed by atoms with Gasteiger partial charge in [-0.3, -0.25) is 14.9 Å². The molecule has 0 radical (unpaired) electrons. The van der Waals surface area contributed by atoms with E-state index in [0.717, 1.165) is 34.4 Å². The van der Waals surface area contributed by atoms with Crippen LogP contribution < -0.4 is 10.6 Å². The summed E-state index contributed by atoms with van der Waals surface area (Å²) in [6, 6.07) is 11.4. The first kappa shape index (κ1) is 26.8. The number of aromatic nitrogens is 4. The van der Waals surface area contributed by atoms with Crippen molar-refractivity contribution in [3.8, 4) is 5.00 Å². The van der Waals surface area contributed by atoms with E-state index in [9.17, 15) is 14.7 Å². The summed E-state index contributed by atoms with van der Waals surface area (Å²) < 4.78 is 3.71. The van der Waals surface area contributed by atoms with Crippen LogP contribution in [0.25, 0.3) is 16.0 Å². The number of carbonyl (C=O) groups is 2. The Morgan fingerprint density at radius 3 is 2.87 bits per heavy atom. The number of carbonyl (C=O) groups excluding carboxylic acids is 2. The first-order chi connectivity index (χ1) is 18.7. The summed E-state index contributed by atoms with van der Waals surface area (Å²) in [5.74, 6) is 0.0911. The van der Waals surface area contributed by atoms with Crippen molar-refractivity contribution >= 4 is 40.1 Å². The van der Waals surface area contributed by atoms with Gasteiger partial charge in [-0.15, -0.1) is 11.3 Å². The minimum Gasteiger partial charge on any atom is -0.389 e. The molecule has 3 N–H and O–H groups in total. The lowest BCUT2D eigenvalue weighted by molar-refractivity contribution is -0.126. The first-order valence-corrected chi connectivity index (χ1v) is 13.8. The van der Waals surface area contributed by atoms with Crippen molar-refractivity contribution in [2.75, 3.05) is 18.4 Å². The topological polar surface area (TPSA) is 117 Å². The second kappa shape index (κ2) is 11.1. The van der Waals surface area contributed by atoms with E-state index in [0.29, 0.717) is 37.0 Å². The minimum atomic E-state index is -0.807. The second-order valence-corrected chi connectivity index (χ2v) is 11.4. The van der Waals surface area contributed by atoms with Crippen molar-refractivity contribution in [1.82, 2.24) is 29.5 Å². The van der Waals surface area contributed by atoms with E-state index in [1.807, 2.05) is 46.0 Å². The molecule has 1 saturated heterocycles. The Bertz CT molecular complexity index is 1480. The Kier molecular flexibility index (Phi) is 7.65. The molecule has 0 bridgehead atoms. The lowest BCUT2D eigenvalue weighted by Crippen LogP contribution is -2.37. The number of hydrogen-bond acceptors (Lipinski definition) is 7. The van der Waals surface area contributed by atoms with Gasteiger partial charge in [-0.05, 0) is 68.7 Å². The van der Waals surface area contributed by atoms with E-state index in [2.05, 4.69) is 22.3 Å². The monoisotopic (exact) mass is 547 g/mol. The summed E-state index contributed by atoms with van der Waals surface area (Å²) in [6.45, 7) is 9.39. The molecule has 1 atom stereocenters. The van der Waals surface area contributed by atoms with Gasteiger partial charge in [0.1, 0.15) is 5.00 Å². The maximum absolute atomic E-state index is 13.3. The molecule has 4 heterocycles. The lowest BCUT2D eigenvalue weighted by Gasteiger charge is -2.24. The molecule has 5 rings (SSSR count). The van der Waals surface area contributed by atoms with Crippen LogP contribution in [-0.4, -0.2) is 65.9 Å². The number of anilines is 1. The Balaban J connectivity index is 1.43. The van der Waals surface area contributed by atoms with Crippen LogP contribution in [0.5, 0.6) is 0 Å². The van der Waals surface area contributed by atoms with Gasteiger partial charge >= 0.3 is 0 Å². The number of thiophene rings is 1. The van der Waals surface area contributed by atoms with Gasteiger partial charge in [-0.2, -0.15) is 5.10 Å². The summed E-state index contributed by atoms with van der Waals surface area (Å²) in [6.07, 6.45) is 6.66. The fraction of sp³-hybridized carbons (Fsp3) is 0.357. The highest BCUT2D eigenvalue weighted by molar-refractivity contribution is 7.16. The van der Waals surface area contributed by atoms with E-state index in [1.165, 1.54) is 17.4 Å².